The molecule has 0 spiro atoms. The fourth-order valence-electron chi connectivity index (χ4n) is 1.66. The van der Waals surface area contributed by atoms with Gasteiger partial charge >= 0.3 is 0 Å². The molecule has 0 saturated heterocycles. The first-order valence-corrected chi connectivity index (χ1v) is 6.09. The Kier molecular flexibility index (Phi) is 4.20. The number of nitrogens with one attached hydrogen (secondary N) is 1. The lowest BCUT2D eigenvalue weighted by Crippen LogP contribution is -2.21. The van der Waals surface area contributed by atoms with Crippen molar-refractivity contribution in [2.24, 2.45) is 0 Å². The van der Waals surface area contributed by atoms with Gasteiger partial charge in [0.15, 0.2) is 18.2 Å². The number of nitrogens with two attached hydrogens (primary N) is 1. The maximum absolute atomic E-state index is 13.4. The van der Waals surface area contributed by atoms with Gasteiger partial charge in [-0.3, -0.25) is 4.79 Å². The van der Waals surface area contributed by atoms with E-state index >= 15 is 0 Å². The van der Waals surface area contributed by atoms with Gasteiger partial charge in [-0.1, -0.05) is 18.2 Å². The topological polar surface area (TPSA) is 64.3 Å². The van der Waals surface area contributed by atoms with Crippen LogP contribution in [0.1, 0.15) is 5.56 Å². The monoisotopic (exact) mass is 274 g/mol. The SMILES string of the molecule is Cc1ccc(F)c(OCC(=O)Nc2ccccc2N)c1. The molecule has 2 aromatic rings. The predicted octanol–water partition coefficient (Wildman–Crippen LogP) is 2.73. The van der Waals surface area contributed by atoms with E-state index in [4.69, 9.17) is 10.5 Å². The van der Waals surface area contributed by atoms with E-state index in [1.807, 2.05) is 6.92 Å². The first kappa shape index (κ1) is 13.9. The van der Waals surface area contributed by atoms with Crippen LogP contribution < -0.4 is 15.8 Å². The number of hydrogen-bond donors (Lipinski definition) is 2. The summed E-state index contributed by atoms with van der Waals surface area (Å²) in [4.78, 5) is 11.7. The summed E-state index contributed by atoms with van der Waals surface area (Å²) in [7, 11) is 0. The van der Waals surface area contributed by atoms with Gasteiger partial charge in [0.05, 0.1) is 11.4 Å². The van der Waals surface area contributed by atoms with Crippen LogP contribution in [-0.4, -0.2) is 12.5 Å². The van der Waals surface area contributed by atoms with Crippen molar-refractivity contribution in [1.82, 2.24) is 0 Å². The highest BCUT2D eigenvalue weighted by atomic mass is 19.1. The third-order valence-electron chi connectivity index (χ3n) is 2.68. The number of hydrogen-bond acceptors (Lipinski definition) is 3. The summed E-state index contributed by atoms with van der Waals surface area (Å²) >= 11 is 0. The molecule has 0 bridgehead atoms. The van der Waals surface area contributed by atoms with Crippen LogP contribution >= 0.6 is 0 Å². The number of carbonyl (C=O) groups excluding carboxylic acids is 1. The molecule has 2 aromatic carbocycles. The van der Waals surface area contributed by atoms with Crippen molar-refractivity contribution < 1.29 is 13.9 Å². The van der Waals surface area contributed by atoms with E-state index in [0.29, 0.717) is 11.4 Å². The van der Waals surface area contributed by atoms with Crippen molar-refractivity contribution in [3.63, 3.8) is 0 Å². The largest absolute Gasteiger partial charge is 0.481 e. The first-order chi connectivity index (χ1) is 9.56. The summed E-state index contributed by atoms with van der Waals surface area (Å²) in [6.45, 7) is 1.53. The fourth-order valence-corrected chi connectivity index (χ4v) is 1.66. The van der Waals surface area contributed by atoms with Crippen LogP contribution in [0.5, 0.6) is 5.75 Å². The maximum Gasteiger partial charge on any atom is 0.262 e. The zero-order valence-electron chi connectivity index (χ0n) is 11.0. The number of rotatable bonds is 4. The standard InChI is InChI=1S/C15H15FN2O2/c1-10-6-7-11(16)14(8-10)20-9-15(19)18-13-5-3-2-4-12(13)17/h2-8H,9,17H2,1H3,(H,18,19). The molecule has 5 heteroatoms. The van der Waals surface area contributed by atoms with Gasteiger partial charge in [-0.05, 0) is 36.8 Å². The van der Waals surface area contributed by atoms with Gasteiger partial charge in [-0.2, -0.15) is 0 Å². The Morgan fingerprint density at radius 2 is 2.05 bits per heavy atom. The van der Waals surface area contributed by atoms with Gasteiger partial charge in [0.2, 0.25) is 0 Å². The molecule has 0 fully saturated rings. The molecule has 4 nitrogen and oxygen atoms in total. The molecule has 0 unspecified atom stereocenters. The predicted molar refractivity (Wildman–Crippen MR) is 76.1 cm³/mol. The second-order valence-corrected chi connectivity index (χ2v) is 4.36. The van der Waals surface area contributed by atoms with Gasteiger partial charge in [0, 0.05) is 0 Å². The molecule has 2 rings (SSSR count). The van der Waals surface area contributed by atoms with E-state index in [-0.39, 0.29) is 12.4 Å². The van der Waals surface area contributed by atoms with Crippen LogP contribution in [0.3, 0.4) is 0 Å². The number of aryl methyl sites for hydroxylation is 1. The molecule has 3 N–H and O–H groups in total. The lowest BCUT2D eigenvalue weighted by Gasteiger charge is -2.10. The molecular formula is C15H15FN2O2. The lowest BCUT2D eigenvalue weighted by atomic mass is 10.2. The minimum absolute atomic E-state index is 0.0567. The summed E-state index contributed by atoms with van der Waals surface area (Å²) in [6, 6.07) is 11.4. The average Bonchev–Trinajstić information content (AvgIpc) is 2.42. The number of benzene rings is 2. The Bertz CT molecular complexity index is 629. The summed E-state index contributed by atoms with van der Waals surface area (Å²) in [5.74, 6) is -0.840. The van der Waals surface area contributed by atoms with Crippen LogP contribution in [0.25, 0.3) is 0 Å². The number of ether oxygens (including phenoxy) is 1. The average molecular weight is 274 g/mol. The molecule has 104 valence electrons. The van der Waals surface area contributed by atoms with Crippen molar-refractivity contribution >= 4 is 17.3 Å². The Balaban J connectivity index is 1.96. The van der Waals surface area contributed by atoms with Crippen molar-refractivity contribution in [2.45, 2.75) is 6.92 Å². The second-order valence-electron chi connectivity index (χ2n) is 4.36. The summed E-state index contributed by atoms with van der Waals surface area (Å²) in [5.41, 5.74) is 7.53. The Hall–Kier alpha value is -2.56. The minimum atomic E-state index is -0.498. The molecule has 0 radical (unpaired) electrons. The highest BCUT2D eigenvalue weighted by molar-refractivity contribution is 5.94. The van der Waals surface area contributed by atoms with E-state index in [0.717, 1.165) is 5.56 Å². The van der Waals surface area contributed by atoms with Crippen molar-refractivity contribution in [3.8, 4) is 5.75 Å². The van der Waals surface area contributed by atoms with Crippen LogP contribution in [0.15, 0.2) is 42.5 Å². The second kappa shape index (κ2) is 6.06. The van der Waals surface area contributed by atoms with Crippen molar-refractivity contribution in [2.75, 3.05) is 17.7 Å². The molecule has 0 aliphatic rings. The molecule has 0 aliphatic carbocycles. The Labute approximate surface area is 116 Å². The van der Waals surface area contributed by atoms with E-state index in [1.165, 1.54) is 6.07 Å². The van der Waals surface area contributed by atoms with E-state index in [1.54, 1.807) is 36.4 Å². The third kappa shape index (κ3) is 3.47. The highest BCUT2D eigenvalue weighted by Gasteiger charge is 2.08. The van der Waals surface area contributed by atoms with Crippen LogP contribution in [0.4, 0.5) is 15.8 Å². The van der Waals surface area contributed by atoms with Crippen LogP contribution in [0, 0.1) is 12.7 Å². The van der Waals surface area contributed by atoms with Gasteiger partial charge in [-0.15, -0.1) is 0 Å². The number of nitrogen functional groups attached to an aromatic ring is 1. The Morgan fingerprint density at radius 1 is 1.30 bits per heavy atom. The molecule has 0 heterocycles. The normalized spacial score (nSPS) is 10.1. The van der Waals surface area contributed by atoms with Gasteiger partial charge in [-0.25, -0.2) is 4.39 Å². The van der Waals surface area contributed by atoms with E-state index < -0.39 is 11.7 Å². The lowest BCUT2D eigenvalue weighted by molar-refractivity contribution is -0.118. The van der Waals surface area contributed by atoms with Gasteiger partial charge in [0.25, 0.3) is 5.91 Å². The van der Waals surface area contributed by atoms with Crippen molar-refractivity contribution in [3.05, 3.63) is 53.8 Å². The molecule has 0 aliphatic heterocycles. The zero-order valence-corrected chi connectivity index (χ0v) is 11.0. The smallest absolute Gasteiger partial charge is 0.262 e. The Morgan fingerprint density at radius 3 is 2.80 bits per heavy atom. The quantitative estimate of drug-likeness (QED) is 0.842. The van der Waals surface area contributed by atoms with Crippen molar-refractivity contribution in [1.29, 1.82) is 0 Å². The van der Waals surface area contributed by atoms with E-state index in [2.05, 4.69) is 5.32 Å². The number of anilines is 2. The molecule has 0 saturated carbocycles. The van der Waals surface area contributed by atoms with E-state index in [9.17, 15) is 9.18 Å². The van der Waals surface area contributed by atoms with Gasteiger partial charge < -0.3 is 15.8 Å². The van der Waals surface area contributed by atoms with Crippen LogP contribution in [-0.2, 0) is 4.79 Å². The molecule has 20 heavy (non-hydrogen) atoms. The number of para-hydroxylation sites is 2. The highest BCUT2D eigenvalue weighted by Crippen LogP contribution is 2.19. The number of amides is 1. The third-order valence-corrected chi connectivity index (χ3v) is 2.68. The molecule has 0 atom stereocenters. The summed E-state index contributed by atoms with van der Waals surface area (Å²) in [6.07, 6.45) is 0. The van der Waals surface area contributed by atoms with Crippen LogP contribution in [0.2, 0.25) is 0 Å². The molecule has 1 amide bonds. The molecule has 0 aromatic heterocycles. The summed E-state index contributed by atoms with van der Waals surface area (Å²) < 4.78 is 18.6. The zero-order chi connectivity index (χ0) is 14.5. The first-order valence-electron chi connectivity index (χ1n) is 6.09. The molecular weight excluding hydrogens is 259 g/mol. The number of halogens is 1. The maximum atomic E-state index is 13.4. The summed E-state index contributed by atoms with van der Waals surface area (Å²) in [5, 5.41) is 2.60. The minimum Gasteiger partial charge on any atom is -0.481 e. The fraction of sp³-hybridized carbons (Fsp3) is 0.133. The number of carbonyl (C=O) groups is 1. The van der Waals surface area contributed by atoms with Gasteiger partial charge in [0.1, 0.15) is 0 Å².